The molecule has 18 heavy (non-hydrogen) atoms. The highest BCUT2D eigenvalue weighted by Crippen LogP contribution is 2.28. The second-order valence-corrected chi connectivity index (χ2v) is 5.25. The molecule has 0 bridgehead atoms. The molecule has 1 saturated heterocycles. The van der Waals surface area contributed by atoms with Crippen molar-refractivity contribution >= 4 is 11.6 Å². The summed E-state index contributed by atoms with van der Waals surface area (Å²) in [5.41, 5.74) is 1.20. The number of nitrogens with one attached hydrogen (secondary N) is 1. The van der Waals surface area contributed by atoms with Gasteiger partial charge in [0.05, 0.1) is 7.11 Å². The lowest BCUT2D eigenvalue weighted by Gasteiger charge is -2.30. The monoisotopic (exact) mass is 268 g/mol. The van der Waals surface area contributed by atoms with Gasteiger partial charge in [0.25, 0.3) is 0 Å². The average Bonchev–Trinajstić information content (AvgIpc) is 2.39. The van der Waals surface area contributed by atoms with Crippen molar-refractivity contribution in [1.29, 1.82) is 0 Å². The first-order valence-electron chi connectivity index (χ1n) is 6.47. The van der Waals surface area contributed by atoms with Crippen LogP contribution in [0.4, 0.5) is 0 Å². The minimum atomic E-state index is 0.446. The van der Waals surface area contributed by atoms with Crippen molar-refractivity contribution in [3.8, 4) is 5.75 Å². The van der Waals surface area contributed by atoms with Crippen molar-refractivity contribution in [2.45, 2.75) is 12.8 Å². The molecule has 1 aliphatic rings. The molecule has 0 spiro atoms. The van der Waals surface area contributed by atoms with Crippen molar-refractivity contribution < 1.29 is 4.74 Å². The van der Waals surface area contributed by atoms with Crippen LogP contribution in [0.25, 0.3) is 0 Å². The summed E-state index contributed by atoms with van der Waals surface area (Å²) in [4.78, 5) is 2.49. The van der Waals surface area contributed by atoms with E-state index in [1.165, 1.54) is 5.56 Å². The van der Waals surface area contributed by atoms with Crippen molar-refractivity contribution in [3.05, 3.63) is 28.8 Å². The third kappa shape index (κ3) is 3.37. The second-order valence-electron chi connectivity index (χ2n) is 4.84. The quantitative estimate of drug-likeness (QED) is 0.907. The summed E-state index contributed by atoms with van der Waals surface area (Å²) in [7, 11) is 1.66. The van der Waals surface area contributed by atoms with Gasteiger partial charge in [0.1, 0.15) is 5.75 Å². The predicted octanol–water partition coefficient (Wildman–Crippen LogP) is 2.36. The van der Waals surface area contributed by atoms with E-state index < -0.39 is 0 Å². The summed E-state index contributed by atoms with van der Waals surface area (Å²) in [5, 5.41) is 4.17. The van der Waals surface area contributed by atoms with Crippen LogP contribution in [-0.4, -0.2) is 44.7 Å². The number of hydrogen-bond acceptors (Lipinski definition) is 3. The summed E-state index contributed by atoms with van der Waals surface area (Å²) < 4.78 is 5.18. The van der Waals surface area contributed by atoms with Crippen LogP contribution in [-0.2, 0) is 0 Å². The molecule has 1 aromatic carbocycles. The Hall–Kier alpha value is -0.770. The molecule has 0 aliphatic carbocycles. The fourth-order valence-corrected chi connectivity index (χ4v) is 2.77. The smallest absolute Gasteiger partial charge is 0.120 e. The van der Waals surface area contributed by atoms with Crippen LogP contribution in [0.3, 0.4) is 0 Å². The molecular formula is C14H21ClN2O. The molecule has 0 saturated carbocycles. The lowest BCUT2D eigenvalue weighted by molar-refractivity contribution is 0.230. The predicted molar refractivity (Wildman–Crippen MR) is 75.7 cm³/mol. The fourth-order valence-electron chi connectivity index (χ4n) is 2.41. The van der Waals surface area contributed by atoms with E-state index in [2.05, 4.69) is 23.2 Å². The normalized spacial score (nSPS) is 18.6. The van der Waals surface area contributed by atoms with E-state index in [1.54, 1.807) is 7.11 Å². The van der Waals surface area contributed by atoms with Gasteiger partial charge in [-0.1, -0.05) is 24.6 Å². The van der Waals surface area contributed by atoms with Crippen LogP contribution in [0.2, 0.25) is 5.02 Å². The van der Waals surface area contributed by atoms with Crippen LogP contribution in [0, 0.1) is 0 Å². The number of ether oxygens (including phenoxy) is 1. The molecule has 3 nitrogen and oxygen atoms in total. The van der Waals surface area contributed by atoms with E-state index in [1.807, 2.05) is 12.1 Å². The highest BCUT2D eigenvalue weighted by atomic mass is 35.5. The Bertz CT molecular complexity index is 391. The van der Waals surface area contributed by atoms with Crippen molar-refractivity contribution in [2.24, 2.45) is 0 Å². The van der Waals surface area contributed by atoms with Crippen LogP contribution < -0.4 is 10.1 Å². The largest absolute Gasteiger partial charge is 0.497 e. The molecule has 0 radical (unpaired) electrons. The fraction of sp³-hybridized carbons (Fsp3) is 0.571. The molecule has 1 unspecified atom stereocenters. The molecule has 100 valence electrons. The lowest BCUT2D eigenvalue weighted by atomic mass is 10.00. The molecule has 1 heterocycles. The lowest BCUT2D eigenvalue weighted by Crippen LogP contribution is -2.44. The minimum absolute atomic E-state index is 0.446. The Labute approximate surface area is 114 Å². The summed E-state index contributed by atoms with van der Waals surface area (Å²) >= 11 is 6.31. The Morgan fingerprint density at radius 1 is 1.39 bits per heavy atom. The third-order valence-electron chi connectivity index (χ3n) is 3.48. The zero-order valence-corrected chi connectivity index (χ0v) is 11.8. The van der Waals surface area contributed by atoms with E-state index >= 15 is 0 Å². The highest BCUT2D eigenvalue weighted by molar-refractivity contribution is 6.31. The number of methoxy groups -OCH3 is 1. The first-order chi connectivity index (χ1) is 8.70. The summed E-state index contributed by atoms with van der Waals surface area (Å²) in [5.74, 6) is 1.26. The van der Waals surface area contributed by atoms with Crippen LogP contribution >= 0.6 is 11.6 Å². The maximum absolute atomic E-state index is 6.31. The number of piperazine rings is 1. The van der Waals surface area contributed by atoms with Gasteiger partial charge in [0.2, 0.25) is 0 Å². The standard InChI is InChI=1S/C14H21ClN2O/c1-11(10-17-7-5-16-6-8-17)13-4-3-12(18-2)9-14(13)15/h3-4,9,11,16H,5-8,10H2,1-2H3. The highest BCUT2D eigenvalue weighted by Gasteiger charge is 2.16. The van der Waals surface area contributed by atoms with Gasteiger partial charge in [-0.15, -0.1) is 0 Å². The SMILES string of the molecule is COc1ccc(C(C)CN2CCNCC2)c(Cl)c1. The van der Waals surface area contributed by atoms with Crippen LogP contribution in [0.1, 0.15) is 18.4 Å². The van der Waals surface area contributed by atoms with Gasteiger partial charge < -0.3 is 15.0 Å². The van der Waals surface area contributed by atoms with Gasteiger partial charge in [-0.2, -0.15) is 0 Å². The average molecular weight is 269 g/mol. The van der Waals surface area contributed by atoms with E-state index in [4.69, 9.17) is 16.3 Å². The van der Waals surface area contributed by atoms with Crippen molar-refractivity contribution in [3.63, 3.8) is 0 Å². The van der Waals surface area contributed by atoms with E-state index in [9.17, 15) is 0 Å². The molecule has 1 fully saturated rings. The molecule has 1 aromatic rings. The zero-order valence-electron chi connectivity index (χ0n) is 11.1. The van der Waals surface area contributed by atoms with Gasteiger partial charge >= 0.3 is 0 Å². The maximum atomic E-state index is 6.31. The summed E-state index contributed by atoms with van der Waals surface area (Å²) in [6.07, 6.45) is 0. The molecule has 2 rings (SSSR count). The Balaban J connectivity index is 2.01. The number of halogens is 1. The Kier molecular flexibility index (Phi) is 4.87. The maximum Gasteiger partial charge on any atom is 0.120 e. The summed E-state index contributed by atoms with van der Waals surface area (Å²) in [6.45, 7) is 7.71. The van der Waals surface area contributed by atoms with Gasteiger partial charge in [0.15, 0.2) is 0 Å². The molecular weight excluding hydrogens is 248 g/mol. The first-order valence-corrected chi connectivity index (χ1v) is 6.85. The zero-order chi connectivity index (χ0) is 13.0. The number of hydrogen-bond donors (Lipinski definition) is 1. The van der Waals surface area contributed by atoms with Crippen LogP contribution in [0.5, 0.6) is 5.75 Å². The second kappa shape index (κ2) is 6.41. The Morgan fingerprint density at radius 3 is 2.72 bits per heavy atom. The third-order valence-corrected chi connectivity index (χ3v) is 3.81. The number of benzene rings is 1. The molecule has 1 N–H and O–H groups in total. The van der Waals surface area contributed by atoms with Crippen molar-refractivity contribution in [2.75, 3.05) is 39.8 Å². The van der Waals surface area contributed by atoms with Crippen LogP contribution in [0.15, 0.2) is 18.2 Å². The van der Waals surface area contributed by atoms with Gasteiger partial charge in [0, 0.05) is 37.7 Å². The van der Waals surface area contributed by atoms with Gasteiger partial charge in [-0.05, 0) is 23.6 Å². The molecule has 4 heteroatoms. The number of nitrogens with zero attached hydrogens (tertiary/aromatic N) is 1. The number of rotatable bonds is 4. The van der Waals surface area contributed by atoms with E-state index in [0.717, 1.165) is 43.5 Å². The summed E-state index contributed by atoms with van der Waals surface area (Å²) in [6, 6.07) is 5.95. The molecule has 0 aromatic heterocycles. The first kappa shape index (κ1) is 13.7. The van der Waals surface area contributed by atoms with Gasteiger partial charge in [-0.3, -0.25) is 0 Å². The molecule has 1 aliphatic heterocycles. The van der Waals surface area contributed by atoms with E-state index in [-0.39, 0.29) is 0 Å². The van der Waals surface area contributed by atoms with E-state index in [0.29, 0.717) is 5.92 Å². The van der Waals surface area contributed by atoms with Gasteiger partial charge in [-0.25, -0.2) is 0 Å². The molecule has 1 atom stereocenters. The minimum Gasteiger partial charge on any atom is -0.497 e. The molecule has 0 amide bonds. The topological polar surface area (TPSA) is 24.5 Å². The Morgan fingerprint density at radius 2 is 2.11 bits per heavy atom. The van der Waals surface area contributed by atoms with Crippen molar-refractivity contribution in [1.82, 2.24) is 10.2 Å².